The van der Waals surface area contributed by atoms with Crippen LogP contribution in [-0.4, -0.2) is 39.7 Å². The molecular weight excluding hydrogens is 262 g/mol. The van der Waals surface area contributed by atoms with Crippen molar-refractivity contribution in [2.24, 2.45) is 5.73 Å². The smallest absolute Gasteiger partial charge is 0.321 e. The zero-order valence-corrected chi connectivity index (χ0v) is 11.8. The van der Waals surface area contributed by atoms with Crippen molar-refractivity contribution >= 4 is 22.5 Å². The molecule has 1 fully saturated rings. The van der Waals surface area contributed by atoms with Crippen LogP contribution in [0.5, 0.6) is 0 Å². The molecule has 1 aromatic carbocycles. The van der Waals surface area contributed by atoms with E-state index < -0.39 is 10.8 Å². The molecule has 6 heteroatoms. The molecule has 19 heavy (non-hydrogen) atoms. The average molecular weight is 281 g/mol. The Hall–Kier alpha value is -1.40. The van der Waals surface area contributed by atoms with Crippen molar-refractivity contribution in [1.29, 1.82) is 0 Å². The molecule has 1 atom stereocenters. The number of nitrogens with two attached hydrogens (primary N) is 1. The molecule has 104 valence electrons. The molecular formula is C13H19N3O2S. The lowest BCUT2D eigenvalue weighted by Gasteiger charge is -2.26. The molecule has 5 nitrogen and oxygen atoms in total. The lowest BCUT2D eigenvalue weighted by molar-refractivity contribution is 0.216. The van der Waals surface area contributed by atoms with E-state index in [9.17, 15) is 9.00 Å². The van der Waals surface area contributed by atoms with Gasteiger partial charge in [0.1, 0.15) is 0 Å². The molecule has 1 unspecified atom stereocenters. The maximum Gasteiger partial charge on any atom is 0.321 e. The topological polar surface area (TPSA) is 75.4 Å². The number of nitrogens with one attached hydrogen (secondary N) is 1. The summed E-state index contributed by atoms with van der Waals surface area (Å²) in [4.78, 5) is 13.7. The Kier molecular flexibility index (Phi) is 4.55. The minimum Gasteiger partial charge on any atom is -0.324 e. The third kappa shape index (κ3) is 3.78. The maximum absolute atomic E-state index is 12.0. The highest BCUT2D eigenvalue weighted by Crippen LogP contribution is 2.16. The monoisotopic (exact) mass is 281 g/mol. The van der Waals surface area contributed by atoms with Crippen LogP contribution in [0.1, 0.15) is 18.5 Å². The van der Waals surface area contributed by atoms with E-state index in [-0.39, 0.29) is 12.1 Å². The highest BCUT2D eigenvalue weighted by Gasteiger charge is 2.19. The summed E-state index contributed by atoms with van der Waals surface area (Å²) >= 11 is 0. The van der Waals surface area contributed by atoms with E-state index >= 15 is 0 Å². The molecule has 0 aromatic heterocycles. The second-order valence-electron chi connectivity index (χ2n) is 4.68. The van der Waals surface area contributed by atoms with E-state index in [0.29, 0.717) is 24.6 Å². The minimum atomic E-state index is -0.772. The van der Waals surface area contributed by atoms with E-state index in [2.05, 4.69) is 5.32 Å². The van der Waals surface area contributed by atoms with Gasteiger partial charge in [-0.1, -0.05) is 12.1 Å². The lowest BCUT2D eigenvalue weighted by Crippen LogP contribution is -2.43. The summed E-state index contributed by atoms with van der Waals surface area (Å²) in [5.41, 5.74) is 7.54. The molecule has 1 aliphatic rings. The van der Waals surface area contributed by atoms with Gasteiger partial charge in [-0.3, -0.25) is 4.21 Å². The summed E-state index contributed by atoms with van der Waals surface area (Å²) in [5.74, 6) is 1.13. The first-order chi connectivity index (χ1) is 9.06. The van der Waals surface area contributed by atoms with Gasteiger partial charge in [-0.15, -0.1) is 0 Å². The zero-order chi connectivity index (χ0) is 13.8. The number of carbonyl (C=O) groups is 1. The summed E-state index contributed by atoms with van der Waals surface area (Å²) in [7, 11) is -0.772. The first kappa shape index (κ1) is 14.0. The van der Waals surface area contributed by atoms with Crippen molar-refractivity contribution in [2.45, 2.75) is 13.0 Å². The van der Waals surface area contributed by atoms with Gasteiger partial charge in [0.2, 0.25) is 0 Å². The van der Waals surface area contributed by atoms with Gasteiger partial charge in [-0.05, 0) is 24.6 Å². The fraction of sp³-hybridized carbons (Fsp3) is 0.462. The van der Waals surface area contributed by atoms with Crippen molar-refractivity contribution in [2.75, 3.05) is 29.9 Å². The highest BCUT2D eigenvalue weighted by molar-refractivity contribution is 7.85. The van der Waals surface area contributed by atoms with E-state index in [1.807, 2.05) is 31.2 Å². The van der Waals surface area contributed by atoms with Gasteiger partial charge in [0, 0.05) is 47.1 Å². The third-order valence-corrected chi connectivity index (χ3v) is 4.40. The number of nitrogens with zero attached hydrogens (tertiary/aromatic N) is 1. The summed E-state index contributed by atoms with van der Waals surface area (Å²) in [6.45, 7) is 3.00. The second-order valence-corrected chi connectivity index (χ2v) is 6.38. The fourth-order valence-electron chi connectivity index (χ4n) is 1.94. The summed E-state index contributed by atoms with van der Waals surface area (Å²) in [6, 6.07) is 7.33. The number of carbonyl (C=O) groups excluding carboxylic acids is 1. The molecule has 2 rings (SSSR count). The van der Waals surface area contributed by atoms with Crippen molar-refractivity contribution in [3.05, 3.63) is 29.8 Å². The van der Waals surface area contributed by atoms with Crippen LogP contribution in [0.3, 0.4) is 0 Å². The highest BCUT2D eigenvalue weighted by atomic mass is 32.2. The van der Waals surface area contributed by atoms with Crippen molar-refractivity contribution in [1.82, 2.24) is 4.90 Å². The Balaban J connectivity index is 1.98. The van der Waals surface area contributed by atoms with Gasteiger partial charge in [0.15, 0.2) is 0 Å². The van der Waals surface area contributed by atoms with Gasteiger partial charge >= 0.3 is 6.03 Å². The number of urea groups is 1. The predicted molar refractivity (Wildman–Crippen MR) is 77.5 cm³/mol. The van der Waals surface area contributed by atoms with Gasteiger partial charge in [-0.2, -0.15) is 0 Å². The van der Waals surface area contributed by atoms with Crippen molar-refractivity contribution in [3.8, 4) is 0 Å². The second kappa shape index (κ2) is 6.16. The molecule has 1 saturated heterocycles. The Bertz CT molecular complexity index is 481. The van der Waals surface area contributed by atoms with Crippen LogP contribution in [0.15, 0.2) is 24.3 Å². The van der Waals surface area contributed by atoms with Crippen molar-refractivity contribution < 1.29 is 9.00 Å². The first-order valence-corrected chi connectivity index (χ1v) is 7.81. The number of hydrogen-bond acceptors (Lipinski definition) is 3. The number of benzene rings is 1. The summed E-state index contributed by atoms with van der Waals surface area (Å²) in [6.07, 6.45) is 0. The molecule has 0 bridgehead atoms. The first-order valence-electron chi connectivity index (χ1n) is 6.32. The largest absolute Gasteiger partial charge is 0.324 e. The van der Waals surface area contributed by atoms with Crippen LogP contribution >= 0.6 is 0 Å². The van der Waals surface area contributed by atoms with Crippen LogP contribution in [0.4, 0.5) is 10.5 Å². The van der Waals surface area contributed by atoms with Crippen LogP contribution < -0.4 is 11.1 Å². The summed E-state index contributed by atoms with van der Waals surface area (Å²) in [5, 5.41) is 2.85. The normalized spacial score (nSPS) is 18.1. The van der Waals surface area contributed by atoms with Gasteiger partial charge in [-0.25, -0.2) is 4.79 Å². The van der Waals surface area contributed by atoms with Gasteiger partial charge in [0.25, 0.3) is 0 Å². The van der Waals surface area contributed by atoms with Crippen LogP contribution in [0, 0.1) is 0 Å². The molecule has 1 heterocycles. The molecule has 0 saturated carbocycles. The Morgan fingerprint density at radius 1 is 1.42 bits per heavy atom. The summed E-state index contributed by atoms with van der Waals surface area (Å²) < 4.78 is 11.2. The van der Waals surface area contributed by atoms with E-state index in [0.717, 1.165) is 11.3 Å². The number of rotatable bonds is 2. The third-order valence-electron chi connectivity index (χ3n) is 3.13. The number of anilines is 1. The molecule has 3 N–H and O–H groups in total. The molecule has 1 aliphatic heterocycles. The van der Waals surface area contributed by atoms with Crippen LogP contribution in [-0.2, 0) is 10.8 Å². The van der Waals surface area contributed by atoms with E-state index in [4.69, 9.17) is 5.73 Å². The SMILES string of the molecule is CC(N)c1cccc(NC(=O)N2CCS(=O)CC2)c1. The Labute approximate surface area is 115 Å². The van der Waals surface area contributed by atoms with E-state index in [1.165, 1.54) is 0 Å². The molecule has 2 amide bonds. The number of hydrogen-bond donors (Lipinski definition) is 2. The zero-order valence-electron chi connectivity index (χ0n) is 11.0. The van der Waals surface area contributed by atoms with E-state index in [1.54, 1.807) is 4.90 Å². The van der Waals surface area contributed by atoms with Gasteiger partial charge < -0.3 is 16.0 Å². The molecule has 0 spiro atoms. The molecule has 1 aromatic rings. The van der Waals surface area contributed by atoms with Gasteiger partial charge in [0.05, 0.1) is 0 Å². The van der Waals surface area contributed by atoms with Crippen LogP contribution in [0.25, 0.3) is 0 Å². The maximum atomic E-state index is 12.0. The quantitative estimate of drug-likeness (QED) is 0.858. The fourth-order valence-corrected chi connectivity index (χ4v) is 3.00. The minimum absolute atomic E-state index is 0.0609. The molecule has 0 aliphatic carbocycles. The predicted octanol–water partition coefficient (Wildman–Crippen LogP) is 1.30. The average Bonchev–Trinajstić information content (AvgIpc) is 2.39. The Morgan fingerprint density at radius 3 is 2.74 bits per heavy atom. The number of amides is 2. The standard InChI is InChI=1S/C13H19N3O2S/c1-10(14)11-3-2-4-12(9-11)15-13(17)16-5-7-19(18)8-6-16/h2-4,9-10H,5-8,14H2,1H3,(H,15,17). The van der Waals surface area contributed by atoms with Crippen molar-refractivity contribution in [3.63, 3.8) is 0 Å². The van der Waals surface area contributed by atoms with Crippen LogP contribution in [0.2, 0.25) is 0 Å². The Morgan fingerprint density at radius 2 is 2.11 bits per heavy atom. The lowest BCUT2D eigenvalue weighted by atomic mass is 10.1. The molecule has 0 radical (unpaired) electrons.